The molecule has 158 valence electrons. The molecule has 1 aliphatic heterocycles. The number of hydrogen-bond donors (Lipinski definition) is 2. The maximum absolute atomic E-state index is 13.1. The van der Waals surface area contributed by atoms with E-state index in [1.165, 1.54) is 30.6 Å². The van der Waals surface area contributed by atoms with Gasteiger partial charge in [0.15, 0.2) is 0 Å². The van der Waals surface area contributed by atoms with Crippen LogP contribution in [0.5, 0.6) is 0 Å². The molecule has 1 fully saturated rings. The van der Waals surface area contributed by atoms with Crippen molar-refractivity contribution in [1.82, 2.24) is 14.9 Å². The molecule has 1 aliphatic carbocycles. The van der Waals surface area contributed by atoms with Crippen LogP contribution >= 0.6 is 23.2 Å². The lowest BCUT2D eigenvalue weighted by molar-refractivity contribution is -0.129. The number of rotatable bonds is 5. The van der Waals surface area contributed by atoms with E-state index in [1.807, 2.05) is 0 Å². The van der Waals surface area contributed by atoms with E-state index < -0.39 is 22.0 Å². The molecule has 0 spiro atoms. The largest absolute Gasteiger partial charge is 0.353 e. The van der Waals surface area contributed by atoms with Gasteiger partial charge in [0.2, 0.25) is 11.8 Å². The van der Waals surface area contributed by atoms with Crippen LogP contribution in [-0.2, 0) is 19.6 Å². The molecule has 2 amide bonds. The molecule has 29 heavy (non-hydrogen) atoms. The fourth-order valence-electron chi connectivity index (χ4n) is 3.58. The Kier molecular flexibility index (Phi) is 7.08. The summed E-state index contributed by atoms with van der Waals surface area (Å²) >= 11 is 11.8. The SMILES string of the molecule is O=C(C[C@@H]1C(=O)NC=CN1S(=O)(=O)c1ccc(Cl)c(Cl)c1)NC1CCCCCC1. The van der Waals surface area contributed by atoms with Gasteiger partial charge in [-0.3, -0.25) is 13.9 Å². The van der Waals surface area contributed by atoms with Crippen molar-refractivity contribution in [3.63, 3.8) is 0 Å². The van der Waals surface area contributed by atoms with Crippen molar-refractivity contribution in [3.05, 3.63) is 40.6 Å². The van der Waals surface area contributed by atoms with Crippen LogP contribution in [0.4, 0.5) is 0 Å². The molecule has 7 nitrogen and oxygen atoms in total. The third kappa shape index (κ3) is 5.24. The summed E-state index contributed by atoms with van der Waals surface area (Å²) < 4.78 is 27.1. The van der Waals surface area contributed by atoms with E-state index in [9.17, 15) is 18.0 Å². The van der Waals surface area contributed by atoms with Gasteiger partial charge in [0.25, 0.3) is 10.0 Å². The number of sulfonamides is 1. The summed E-state index contributed by atoms with van der Waals surface area (Å²) in [5, 5.41) is 5.73. The smallest absolute Gasteiger partial charge is 0.264 e. The molecular formula is C19H23Cl2N3O4S. The number of hydrogen-bond acceptors (Lipinski definition) is 4. The molecule has 0 unspecified atom stereocenters. The summed E-state index contributed by atoms with van der Waals surface area (Å²) in [4.78, 5) is 24.8. The zero-order chi connectivity index (χ0) is 21.0. The maximum atomic E-state index is 13.1. The molecule has 1 saturated carbocycles. The second-order valence-corrected chi connectivity index (χ2v) is 9.87. The second-order valence-electron chi connectivity index (χ2n) is 7.21. The van der Waals surface area contributed by atoms with Gasteiger partial charge in [-0.1, -0.05) is 48.9 Å². The van der Waals surface area contributed by atoms with Gasteiger partial charge in [-0.05, 0) is 31.0 Å². The van der Waals surface area contributed by atoms with E-state index >= 15 is 0 Å². The van der Waals surface area contributed by atoms with Gasteiger partial charge in [0, 0.05) is 18.4 Å². The average molecular weight is 460 g/mol. The Labute approximate surface area is 180 Å². The summed E-state index contributed by atoms with van der Waals surface area (Å²) in [6.07, 6.45) is 8.40. The predicted octanol–water partition coefficient (Wildman–Crippen LogP) is 3.18. The molecule has 0 bridgehead atoms. The normalized spacial score (nSPS) is 20.8. The minimum absolute atomic E-state index is 0.0623. The Bertz CT molecular complexity index is 912. The van der Waals surface area contributed by atoms with Crippen molar-refractivity contribution < 1.29 is 18.0 Å². The highest BCUT2D eigenvalue weighted by molar-refractivity contribution is 7.89. The minimum atomic E-state index is -4.11. The fourth-order valence-corrected chi connectivity index (χ4v) is 5.42. The predicted molar refractivity (Wildman–Crippen MR) is 111 cm³/mol. The molecule has 0 aromatic heterocycles. The van der Waals surface area contributed by atoms with Crippen LogP contribution in [0.2, 0.25) is 10.0 Å². The minimum Gasteiger partial charge on any atom is -0.353 e. The monoisotopic (exact) mass is 459 g/mol. The number of carbonyl (C=O) groups is 2. The van der Waals surface area contributed by atoms with Crippen LogP contribution < -0.4 is 10.6 Å². The summed E-state index contributed by atoms with van der Waals surface area (Å²) in [6, 6.07) is 2.78. The van der Waals surface area contributed by atoms with E-state index in [0.29, 0.717) is 0 Å². The maximum Gasteiger partial charge on any atom is 0.264 e. The van der Waals surface area contributed by atoms with Crippen molar-refractivity contribution in [2.45, 2.75) is 61.9 Å². The molecule has 10 heteroatoms. The molecule has 1 heterocycles. The summed E-state index contributed by atoms with van der Waals surface area (Å²) in [5.41, 5.74) is 0. The lowest BCUT2D eigenvalue weighted by Gasteiger charge is -2.31. The Morgan fingerprint density at radius 3 is 2.48 bits per heavy atom. The second kappa shape index (κ2) is 9.36. The first kappa shape index (κ1) is 21.9. The highest BCUT2D eigenvalue weighted by atomic mass is 35.5. The fraction of sp³-hybridized carbons (Fsp3) is 0.474. The van der Waals surface area contributed by atoms with Crippen LogP contribution in [0.3, 0.4) is 0 Å². The molecule has 0 saturated heterocycles. The molecule has 1 aromatic carbocycles. The van der Waals surface area contributed by atoms with Gasteiger partial charge >= 0.3 is 0 Å². The average Bonchev–Trinajstić information content (AvgIpc) is 2.94. The van der Waals surface area contributed by atoms with E-state index in [1.54, 1.807) is 0 Å². The van der Waals surface area contributed by atoms with Crippen molar-refractivity contribution >= 4 is 45.0 Å². The quantitative estimate of drug-likeness (QED) is 0.660. The number of amides is 2. The van der Waals surface area contributed by atoms with E-state index in [-0.39, 0.29) is 33.3 Å². The topological polar surface area (TPSA) is 95.6 Å². The third-order valence-corrected chi connectivity index (χ3v) is 7.64. The Morgan fingerprint density at radius 2 is 1.83 bits per heavy atom. The Morgan fingerprint density at radius 1 is 1.14 bits per heavy atom. The first-order valence-corrected chi connectivity index (χ1v) is 11.7. The van der Waals surface area contributed by atoms with Gasteiger partial charge in [-0.25, -0.2) is 8.42 Å². The number of benzene rings is 1. The number of halogens is 2. The van der Waals surface area contributed by atoms with E-state index in [2.05, 4.69) is 10.6 Å². The Hall–Kier alpha value is -1.77. The Balaban J connectivity index is 1.78. The summed E-state index contributed by atoms with van der Waals surface area (Å²) in [6.45, 7) is 0. The standard InChI is InChI=1S/C19H23Cl2N3O4S/c20-15-8-7-14(11-16(15)21)29(27,28)24-10-9-22-19(26)17(24)12-18(25)23-13-5-3-1-2-4-6-13/h7-11,13,17H,1-6,12H2,(H,22,26)(H,23,25)/t17-/m1/s1. The molecule has 0 radical (unpaired) electrons. The molecule has 3 rings (SSSR count). The summed E-state index contributed by atoms with van der Waals surface area (Å²) in [7, 11) is -4.11. The van der Waals surface area contributed by atoms with Gasteiger partial charge in [-0.2, -0.15) is 0 Å². The van der Waals surface area contributed by atoms with Gasteiger partial charge in [0.1, 0.15) is 6.04 Å². The van der Waals surface area contributed by atoms with Crippen LogP contribution in [0, 0.1) is 0 Å². The molecule has 1 aromatic rings. The third-order valence-electron chi connectivity index (χ3n) is 5.12. The first-order valence-electron chi connectivity index (χ1n) is 9.54. The van der Waals surface area contributed by atoms with Crippen LogP contribution in [0.25, 0.3) is 0 Å². The summed E-state index contributed by atoms with van der Waals surface area (Å²) in [5.74, 6) is -0.908. The number of nitrogens with zero attached hydrogens (tertiary/aromatic N) is 1. The first-order chi connectivity index (χ1) is 13.8. The van der Waals surface area contributed by atoms with Crippen LogP contribution in [0.1, 0.15) is 44.9 Å². The number of nitrogens with one attached hydrogen (secondary N) is 2. The van der Waals surface area contributed by atoms with Crippen LogP contribution in [0.15, 0.2) is 35.5 Å². The lowest BCUT2D eigenvalue weighted by Crippen LogP contribution is -2.51. The van der Waals surface area contributed by atoms with Crippen molar-refractivity contribution in [3.8, 4) is 0 Å². The zero-order valence-electron chi connectivity index (χ0n) is 15.7. The van der Waals surface area contributed by atoms with Gasteiger partial charge < -0.3 is 10.6 Å². The highest BCUT2D eigenvalue weighted by Gasteiger charge is 2.37. The van der Waals surface area contributed by atoms with E-state index in [0.717, 1.165) is 42.8 Å². The number of carbonyl (C=O) groups excluding carboxylic acids is 2. The van der Waals surface area contributed by atoms with Crippen molar-refractivity contribution in [2.24, 2.45) is 0 Å². The van der Waals surface area contributed by atoms with Crippen molar-refractivity contribution in [2.75, 3.05) is 0 Å². The molecule has 1 atom stereocenters. The molecule has 2 N–H and O–H groups in total. The van der Waals surface area contributed by atoms with E-state index in [4.69, 9.17) is 23.2 Å². The molecular weight excluding hydrogens is 437 g/mol. The lowest BCUT2D eigenvalue weighted by atomic mass is 10.1. The van der Waals surface area contributed by atoms with Crippen LogP contribution in [-0.4, -0.2) is 36.6 Å². The molecule has 2 aliphatic rings. The van der Waals surface area contributed by atoms with Crippen molar-refractivity contribution in [1.29, 1.82) is 0 Å². The van der Waals surface area contributed by atoms with Gasteiger partial charge in [0.05, 0.1) is 21.4 Å². The highest BCUT2D eigenvalue weighted by Crippen LogP contribution is 2.28. The zero-order valence-corrected chi connectivity index (χ0v) is 18.1. The van der Waals surface area contributed by atoms with Gasteiger partial charge in [-0.15, -0.1) is 0 Å².